The summed E-state index contributed by atoms with van der Waals surface area (Å²) in [6.07, 6.45) is 0. The second-order valence-corrected chi connectivity index (χ2v) is 5.49. The van der Waals surface area contributed by atoms with Crippen molar-refractivity contribution >= 4 is 5.97 Å². The van der Waals surface area contributed by atoms with Gasteiger partial charge in [-0.15, -0.1) is 0 Å². The number of nitrogens with zero attached hydrogens (tertiary/aromatic N) is 1. The van der Waals surface area contributed by atoms with E-state index in [2.05, 4.69) is 4.90 Å². The van der Waals surface area contributed by atoms with Crippen LogP contribution in [0.25, 0.3) is 0 Å². The fourth-order valence-electron chi connectivity index (χ4n) is 2.76. The largest absolute Gasteiger partial charge is 0.494 e. The maximum Gasteiger partial charge on any atom is 0.308 e. The van der Waals surface area contributed by atoms with E-state index in [0.29, 0.717) is 13.1 Å². The highest BCUT2D eigenvalue weighted by Crippen LogP contribution is 2.35. The van der Waals surface area contributed by atoms with Crippen molar-refractivity contribution in [2.75, 3.05) is 20.2 Å². The summed E-state index contributed by atoms with van der Waals surface area (Å²) in [5, 5.41) is 9.37. The molecule has 110 valence electrons. The second kappa shape index (κ2) is 5.79. The van der Waals surface area contributed by atoms with Crippen LogP contribution in [0.1, 0.15) is 25.3 Å². The average molecular weight is 281 g/mol. The number of methoxy groups -OCH3 is 1. The Hall–Kier alpha value is -1.62. The second-order valence-electron chi connectivity index (χ2n) is 5.49. The Labute approximate surface area is 118 Å². The van der Waals surface area contributed by atoms with Crippen molar-refractivity contribution in [1.82, 2.24) is 4.90 Å². The van der Waals surface area contributed by atoms with E-state index in [-0.39, 0.29) is 17.7 Å². The third kappa shape index (κ3) is 2.77. The quantitative estimate of drug-likeness (QED) is 0.920. The first-order valence-corrected chi connectivity index (χ1v) is 6.74. The number of hydrogen-bond acceptors (Lipinski definition) is 3. The van der Waals surface area contributed by atoms with Crippen LogP contribution in [-0.4, -0.2) is 42.2 Å². The Kier molecular flexibility index (Phi) is 4.28. The average Bonchev–Trinajstić information content (AvgIpc) is 2.84. The Balaban J connectivity index is 2.29. The first-order valence-electron chi connectivity index (χ1n) is 6.74. The Morgan fingerprint density at radius 2 is 2.15 bits per heavy atom. The Morgan fingerprint density at radius 1 is 1.45 bits per heavy atom. The normalized spacial score (nSPS) is 23.2. The minimum absolute atomic E-state index is 0.180. The molecule has 1 N–H and O–H groups in total. The molecular weight excluding hydrogens is 261 g/mol. The van der Waals surface area contributed by atoms with Crippen molar-refractivity contribution in [2.45, 2.75) is 25.8 Å². The summed E-state index contributed by atoms with van der Waals surface area (Å²) in [5.74, 6) is -1.77. The summed E-state index contributed by atoms with van der Waals surface area (Å²) in [7, 11) is 1.41. The molecule has 0 spiro atoms. The van der Waals surface area contributed by atoms with Gasteiger partial charge in [0.05, 0.1) is 13.0 Å². The summed E-state index contributed by atoms with van der Waals surface area (Å²) < 4.78 is 18.7. The zero-order chi connectivity index (χ0) is 14.9. The molecule has 0 aliphatic carbocycles. The third-order valence-corrected chi connectivity index (χ3v) is 4.00. The highest BCUT2D eigenvalue weighted by molar-refractivity contribution is 5.72. The molecule has 1 heterocycles. The van der Waals surface area contributed by atoms with Crippen LogP contribution in [0.3, 0.4) is 0 Å². The number of carboxylic acid groups (broad SMARTS) is 1. The monoisotopic (exact) mass is 281 g/mol. The van der Waals surface area contributed by atoms with E-state index in [1.807, 2.05) is 13.8 Å². The van der Waals surface area contributed by atoms with Gasteiger partial charge in [-0.2, -0.15) is 0 Å². The van der Waals surface area contributed by atoms with Crippen molar-refractivity contribution < 1.29 is 19.0 Å². The molecule has 1 aromatic carbocycles. The molecule has 4 nitrogen and oxygen atoms in total. The van der Waals surface area contributed by atoms with Gasteiger partial charge in [0.1, 0.15) is 0 Å². The number of halogens is 1. The SMILES string of the molecule is COc1ccc(C2CN(C(C)C)CC2C(=O)O)cc1F. The van der Waals surface area contributed by atoms with Crippen molar-refractivity contribution in [2.24, 2.45) is 5.92 Å². The molecule has 5 heteroatoms. The lowest BCUT2D eigenvalue weighted by molar-refractivity contribution is -0.141. The molecule has 0 radical (unpaired) electrons. The highest BCUT2D eigenvalue weighted by atomic mass is 19.1. The maximum atomic E-state index is 13.8. The van der Waals surface area contributed by atoms with E-state index in [1.54, 1.807) is 12.1 Å². The molecule has 0 bridgehead atoms. The Morgan fingerprint density at radius 3 is 2.65 bits per heavy atom. The molecule has 0 aromatic heterocycles. The number of carbonyl (C=O) groups is 1. The van der Waals surface area contributed by atoms with Gasteiger partial charge in [0.2, 0.25) is 0 Å². The minimum atomic E-state index is -0.825. The fourth-order valence-corrected chi connectivity index (χ4v) is 2.76. The molecule has 0 amide bonds. The number of benzene rings is 1. The molecule has 1 aliphatic heterocycles. The van der Waals surface area contributed by atoms with Gasteiger partial charge >= 0.3 is 5.97 Å². The summed E-state index contributed by atoms with van der Waals surface area (Å²) in [5.41, 5.74) is 0.721. The van der Waals surface area contributed by atoms with Crippen molar-refractivity contribution in [1.29, 1.82) is 0 Å². The lowest BCUT2D eigenvalue weighted by atomic mass is 9.89. The predicted molar refractivity (Wildman–Crippen MR) is 73.5 cm³/mol. The van der Waals surface area contributed by atoms with Crippen LogP contribution in [0.15, 0.2) is 18.2 Å². The first kappa shape index (κ1) is 14.8. The van der Waals surface area contributed by atoms with Gasteiger partial charge in [0.15, 0.2) is 11.6 Å². The van der Waals surface area contributed by atoms with Gasteiger partial charge < -0.3 is 9.84 Å². The van der Waals surface area contributed by atoms with Gasteiger partial charge in [-0.3, -0.25) is 9.69 Å². The van der Waals surface area contributed by atoms with E-state index in [0.717, 1.165) is 5.56 Å². The zero-order valence-corrected chi connectivity index (χ0v) is 12.0. The van der Waals surface area contributed by atoms with Gasteiger partial charge in [0, 0.05) is 25.0 Å². The Bertz CT molecular complexity index is 504. The van der Waals surface area contributed by atoms with E-state index in [9.17, 15) is 14.3 Å². The summed E-state index contributed by atoms with van der Waals surface area (Å²) in [4.78, 5) is 13.5. The van der Waals surface area contributed by atoms with Crippen molar-refractivity contribution in [3.63, 3.8) is 0 Å². The summed E-state index contributed by atoms with van der Waals surface area (Å²) in [6.45, 7) is 5.22. The lowest BCUT2D eigenvalue weighted by Gasteiger charge is -2.20. The van der Waals surface area contributed by atoms with Crippen LogP contribution in [0.2, 0.25) is 0 Å². The van der Waals surface area contributed by atoms with Gasteiger partial charge in [-0.1, -0.05) is 6.07 Å². The molecule has 2 unspecified atom stereocenters. The molecule has 20 heavy (non-hydrogen) atoms. The predicted octanol–water partition coefficient (Wildman–Crippen LogP) is 2.34. The smallest absolute Gasteiger partial charge is 0.308 e. The molecule has 1 aromatic rings. The molecule has 1 aliphatic rings. The van der Waals surface area contributed by atoms with Crippen LogP contribution in [0.5, 0.6) is 5.75 Å². The fraction of sp³-hybridized carbons (Fsp3) is 0.533. The zero-order valence-electron chi connectivity index (χ0n) is 12.0. The van der Waals surface area contributed by atoms with Gasteiger partial charge in [-0.05, 0) is 31.5 Å². The first-order chi connectivity index (χ1) is 9.43. The van der Waals surface area contributed by atoms with Crippen LogP contribution in [0, 0.1) is 11.7 Å². The number of hydrogen-bond donors (Lipinski definition) is 1. The standard InChI is InChI=1S/C15H20FNO3/c1-9(2)17-7-11(12(8-17)15(18)19)10-4-5-14(20-3)13(16)6-10/h4-6,9,11-12H,7-8H2,1-3H3,(H,18,19). The van der Waals surface area contributed by atoms with E-state index < -0.39 is 17.7 Å². The topological polar surface area (TPSA) is 49.8 Å². The number of carboxylic acids is 1. The molecule has 2 rings (SSSR count). The summed E-state index contributed by atoms with van der Waals surface area (Å²) >= 11 is 0. The highest BCUT2D eigenvalue weighted by Gasteiger charge is 2.39. The minimum Gasteiger partial charge on any atom is -0.494 e. The van der Waals surface area contributed by atoms with Gasteiger partial charge in [0.25, 0.3) is 0 Å². The van der Waals surface area contributed by atoms with Crippen LogP contribution in [0.4, 0.5) is 4.39 Å². The van der Waals surface area contributed by atoms with Crippen LogP contribution in [-0.2, 0) is 4.79 Å². The van der Waals surface area contributed by atoms with E-state index in [4.69, 9.17) is 4.74 Å². The van der Waals surface area contributed by atoms with E-state index in [1.165, 1.54) is 13.2 Å². The molecular formula is C15H20FNO3. The van der Waals surface area contributed by atoms with Gasteiger partial charge in [-0.25, -0.2) is 4.39 Å². The maximum absolute atomic E-state index is 13.8. The number of rotatable bonds is 4. The summed E-state index contributed by atoms with van der Waals surface area (Å²) in [6, 6.07) is 4.99. The van der Waals surface area contributed by atoms with Crippen LogP contribution >= 0.6 is 0 Å². The molecule has 2 atom stereocenters. The van der Waals surface area contributed by atoms with Crippen molar-refractivity contribution in [3.8, 4) is 5.75 Å². The van der Waals surface area contributed by atoms with Crippen molar-refractivity contribution in [3.05, 3.63) is 29.6 Å². The van der Waals surface area contributed by atoms with E-state index >= 15 is 0 Å². The molecule has 1 saturated heterocycles. The number of likely N-dealkylation sites (tertiary alicyclic amines) is 1. The molecule has 1 fully saturated rings. The number of ether oxygens (including phenoxy) is 1. The molecule has 0 saturated carbocycles. The van der Waals surface area contributed by atoms with Crippen LogP contribution < -0.4 is 4.74 Å². The lowest BCUT2D eigenvalue weighted by Crippen LogP contribution is -2.29. The number of aliphatic carboxylic acids is 1. The third-order valence-electron chi connectivity index (χ3n) is 4.00.